The van der Waals surface area contributed by atoms with Crippen molar-refractivity contribution in [3.63, 3.8) is 0 Å². The van der Waals surface area contributed by atoms with Gasteiger partial charge in [0.2, 0.25) is 0 Å². The van der Waals surface area contributed by atoms with Crippen LogP contribution in [0.25, 0.3) is 0 Å². The fourth-order valence-corrected chi connectivity index (χ4v) is 2.74. The van der Waals surface area contributed by atoms with E-state index in [-0.39, 0.29) is 5.82 Å². The van der Waals surface area contributed by atoms with E-state index in [2.05, 4.69) is 17.0 Å². The molecule has 0 aliphatic carbocycles. The van der Waals surface area contributed by atoms with Gasteiger partial charge in [-0.2, -0.15) is 0 Å². The van der Waals surface area contributed by atoms with Gasteiger partial charge in [-0.3, -0.25) is 0 Å². The Hall–Kier alpha value is -2.03. The lowest BCUT2D eigenvalue weighted by molar-refractivity contribution is 0.627. The summed E-state index contributed by atoms with van der Waals surface area (Å²) in [5.74, 6) is -0.201. The number of rotatable bonds is 3. The lowest BCUT2D eigenvalue weighted by atomic mass is 10.0. The molecule has 0 radical (unpaired) electrons. The van der Waals surface area contributed by atoms with Crippen LogP contribution in [0.15, 0.2) is 42.5 Å². The van der Waals surface area contributed by atoms with Gasteiger partial charge in [0.05, 0.1) is 0 Å². The first-order chi connectivity index (χ1) is 9.72. The summed E-state index contributed by atoms with van der Waals surface area (Å²) in [6.45, 7) is 2.25. The SMILES string of the molecule is Nc1ccc(N2CCCC2)cc1Cc1ccc(F)cc1. The second-order valence-corrected chi connectivity index (χ2v) is 5.38. The van der Waals surface area contributed by atoms with Gasteiger partial charge in [0.25, 0.3) is 0 Å². The second-order valence-electron chi connectivity index (χ2n) is 5.38. The maximum Gasteiger partial charge on any atom is 0.123 e. The molecule has 2 nitrogen and oxygen atoms in total. The Kier molecular flexibility index (Phi) is 3.59. The predicted molar refractivity (Wildman–Crippen MR) is 81.5 cm³/mol. The second kappa shape index (κ2) is 5.53. The van der Waals surface area contributed by atoms with Crippen molar-refractivity contribution in [2.75, 3.05) is 23.7 Å². The van der Waals surface area contributed by atoms with Gasteiger partial charge in [0, 0.05) is 24.5 Å². The number of benzene rings is 2. The smallest absolute Gasteiger partial charge is 0.123 e. The normalized spacial score (nSPS) is 14.8. The molecule has 2 N–H and O–H groups in total. The lowest BCUT2D eigenvalue weighted by Crippen LogP contribution is -2.17. The van der Waals surface area contributed by atoms with Crippen LogP contribution in [0.3, 0.4) is 0 Å². The summed E-state index contributed by atoms with van der Waals surface area (Å²) in [6, 6.07) is 12.9. The quantitative estimate of drug-likeness (QED) is 0.863. The van der Waals surface area contributed by atoms with Crippen molar-refractivity contribution in [1.82, 2.24) is 0 Å². The fourth-order valence-electron chi connectivity index (χ4n) is 2.74. The van der Waals surface area contributed by atoms with E-state index in [1.807, 2.05) is 18.2 Å². The highest BCUT2D eigenvalue weighted by molar-refractivity contribution is 5.59. The molecule has 1 aliphatic rings. The molecule has 2 aromatic rings. The van der Waals surface area contributed by atoms with Crippen molar-refractivity contribution in [3.05, 3.63) is 59.4 Å². The number of hydrogen-bond acceptors (Lipinski definition) is 2. The molecular formula is C17H19FN2. The predicted octanol–water partition coefficient (Wildman–Crippen LogP) is 3.60. The Morgan fingerprint density at radius 3 is 2.40 bits per heavy atom. The third kappa shape index (κ3) is 2.77. The molecule has 0 atom stereocenters. The van der Waals surface area contributed by atoms with E-state index in [4.69, 9.17) is 5.73 Å². The molecular weight excluding hydrogens is 251 g/mol. The minimum Gasteiger partial charge on any atom is -0.398 e. The van der Waals surface area contributed by atoms with Gasteiger partial charge in [-0.15, -0.1) is 0 Å². The molecule has 0 bridgehead atoms. The number of nitrogens with zero attached hydrogens (tertiary/aromatic N) is 1. The van der Waals surface area contributed by atoms with Gasteiger partial charge < -0.3 is 10.6 Å². The van der Waals surface area contributed by atoms with Gasteiger partial charge >= 0.3 is 0 Å². The topological polar surface area (TPSA) is 29.3 Å². The fraction of sp³-hybridized carbons (Fsp3) is 0.294. The molecule has 1 fully saturated rings. The van der Waals surface area contributed by atoms with Gasteiger partial charge in [-0.1, -0.05) is 12.1 Å². The van der Waals surface area contributed by atoms with Crippen LogP contribution in [-0.4, -0.2) is 13.1 Å². The summed E-state index contributed by atoms with van der Waals surface area (Å²) < 4.78 is 12.9. The highest BCUT2D eigenvalue weighted by Gasteiger charge is 2.13. The Morgan fingerprint density at radius 1 is 1.00 bits per heavy atom. The van der Waals surface area contributed by atoms with E-state index in [0.29, 0.717) is 0 Å². The van der Waals surface area contributed by atoms with E-state index in [0.717, 1.165) is 36.3 Å². The van der Waals surface area contributed by atoms with E-state index in [1.54, 1.807) is 0 Å². The van der Waals surface area contributed by atoms with E-state index < -0.39 is 0 Å². The van der Waals surface area contributed by atoms with Crippen LogP contribution >= 0.6 is 0 Å². The zero-order valence-corrected chi connectivity index (χ0v) is 11.5. The molecule has 1 heterocycles. The Labute approximate surface area is 119 Å². The molecule has 0 amide bonds. The van der Waals surface area contributed by atoms with Crippen LogP contribution in [0.4, 0.5) is 15.8 Å². The highest BCUT2D eigenvalue weighted by atomic mass is 19.1. The Balaban J connectivity index is 1.84. The molecule has 104 valence electrons. The van der Waals surface area contributed by atoms with Crippen molar-refractivity contribution in [2.45, 2.75) is 19.3 Å². The zero-order valence-electron chi connectivity index (χ0n) is 11.5. The van der Waals surface area contributed by atoms with Crippen LogP contribution < -0.4 is 10.6 Å². The van der Waals surface area contributed by atoms with E-state index in [1.165, 1.54) is 30.7 Å². The van der Waals surface area contributed by atoms with Crippen molar-refractivity contribution in [2.24, 2.45) is 0 Å². The number of nitrogen functional groups attached to an aromatic ring is 1. The molecule has 0 spiro atoms. The Morgan fingerprint density at radius 2 is 1.70 bits per heavy atom. The van der Waals surface area contributed by atoms with Crippen molar-refractivity contribution < 1.29 is 4.39 Å². The summed E-state index contributed by atoms with van der Waals surface area (Å²) in [6.07, 6.45) is 3.27. The average Bonchev–Trinajstić information content (AvgIpc) is 2.98. The standard InChI is InChI=1S/C17H19FN2/c18-15-5-3-13(4-6-15)11-14-12-16(7-8-17(14)19)20-9-1-2-10-20/h3-8,12H,1-2,9-11,19H2. The first-order valence-electron chi connectivity index (χ1n) is 7.10. The molecule has 0 aromatic heterocycles. The molecule has 20 heavy (non-hydrogen) atoms. The molecule has 1 saturated heterocycles. The summed E-state index contributed by atoms with van der Waals surface area (Å²) in [7, 11) is 0. The largest absolute Gasteiger partial charge is 0.398 e. The monoisotopic (exact) mass is 270 g/mol. The van der Waals surface area contributed by atoms with Crippen LogP contribution in [0.2, 0.25) is 0 Å². The average molecular weight is 270 g/mol. The Bertz CT molecular complexity index is 586. The van der Waals surface area contributed by atoms with Crippen LogP contribution in [-0.2, 0) is 6.42 Å². The number of anilines is 2. The van der Waals surface area contributed by atoms with Crippen LogP contribution in [0.5, 0.6) is 0 Å². The molecule has 2 aromatic carbocycles. The molecule has 3 heteroatoms. The van der Waals surface area contributed by atoms with E-state index in [9.17, 15) is 4.39 Å². The third-order valence-electron chi connectivity index (χ3n) is 3.91. The van der Waals surface area contributed by atoms with Crippen molar-refractivity contribution >= 4 is 11.4 Å². The summed E-state index contributed by atoms with van der Waals surface area (Å²) in [5.41, 5.74) is 10.3. The first-order valence-corrected chi connectivity index (χ1v) is 7.10. The van der Waals surface area contributed by atoms with Crippen molar-refractivity contribution in [3.8, 4) is 0 Å². The van der Waals surface area contributed by atoms with Gasteiger partial charge in [0.1, 0.15) is 5.82 Å². The zero-order chi connectivity index (χ0) is 13.9. The number of hydrogen-bond donors (Lipinski definition) is 1. The lowest BCUT2D eigenvalue weighted by Gasteiger charge is -2.19. The molecule has 0 saturated carbocycles. The van der Waals surface area contributed by atoms with E-state index >= 15 is 0 Å². The van der Waals surface area contributed by atoms with Gasteiger partial charge in [-0.05, 0) is 60.7 Å². The van der Waals surface area contributed by atoms with Gasteiger partial charge in [-0.25, -0.2) is 4.39 Å². The minimum atomic E-state index is -0.201. The van der Waals surface area contributed by atoms with Crippen molar-refractivity contribution in [1.29, 1.82) is 0 Å². The number of halogens is 1. The van der Waals surface area contributed by atoms with Crippen LogP contribution in [0.1, 0.15) is 24.0 Å². The minimum absolute atomic E-state index is 0.201. The maximum atomic E-state index is 12.9. The number of nitrogens with two attached hydrogens (primary N) is 1. The third-order valence-corrected chi connectivity index (χ3v) is 3.91. The molecule has 0 unspecified atom stereocenters. The first kappa shape index (κ1) is 13.0. The van der Waals surface area contributed by atoms with Gasteiger partial charge in [0.15, 0.2) is 0 Å². The summed E-state index contributed by atoms with van der Waals surface area (Å²) in [5, 5.41) is 0. The van der Waals surface area contributed by atoms with Crippen LogP contribution in [0, 0.1) is 5.82 Å². The highest BCUT2D eigenvalue weighted by Crippen LogP contribution is 2.26. The summed E-state index contributed by atoms with van der Waals surface area (Å²) >= 11 is 0. The molecule has 3 rings (SSSR count). The summed E-state index contributed by atoms with van der Waals surface area (Å²) in [4.78, 5) is 2.40. The molecule has 1 aliphatic heterocycles. The maximum absolute atomic E-state index is 12.9.